The Bertz CT molecular complexity index is 236. The van der Waals surface area contributed by atoms with Crippen LogP contribution in [0.25, 0.3) is 0 Å². The van der Waals surface area contributed by atoms with E-state index in [1.807, 2.05) is 13.8 Å². The normalized spacial score (nSPS) is 10.6. The molecule has 14 heavy (non-hydrogen) atoms. The number of rotatable bonds is 5. The summed E-state index contributed by atoms with van der Waals surface area (Å²) in [6.07, 6.45) is 8.71. The quantitative estimate of drug-likeness (QED) is 0.476. The van der Waals surface area contributed by atoms with Crippen molar-refractivity contribution in [2.45, 2.75) is 59.5 Å². The fourth-order valence-corrected chi connectivity index (χ4v) is 1.08. The lowest BCUT2D eigenvalue weighted by Gasteiger charge is -2.23. The van der Waals surface area contributed by atoms with Gasteiger partial charge in [-0.2, -0.15) is 0 Å². The van der Waals surface area contributed by atoms with Crippen LogP contribution < -0.4 is 0 Å². The van der Waals surface area contributed by atoms with Crippen molar-refractivity contribution in [1.29, 1.82) is 0 Å². The molecule has 0 rings (SSSR count). The van der Waals surface area contributed by atoms with Gasteiger partial charge in [0.2, 0.25) is 0 Å². The molecule has 0 spiro atoms. The molecule has 0 N–H and O–H groups in total. The highest BCUT2D eigenvalue weighted by Gasteiger charge is 2.17. The van der Waals surface area contributed by atoms with Gasteiger partial charge in [-0.3, -0.25) is 0 Å². The molecule has 0 radical (unpaired) electrons. The summed E-state index contributed by atoms with van der Waals surface area (Å²) in [7, 11) is 0. The molecule has 0 saturated heterocycles. The van der Waals surface area contributed by atoms with Crippen LogP contribution in [-0.4, -0.2) is 5.60 Å². The zero-order valence-electron chi connectivity index (χ0n) is 10.1. The zero-order chi connectivity index (χ0) is 11.2. The van der Waals surface area contributed by atoms with Crippen molar-refractivity contribution in [2.24, 2.45) is 0 Å². The second-order valence-corrected chi connectivity index (χ2v) is 4.28. The first-order chi connectivity index (χ1) is 6.43. The molecule has 0 heterocycles. The van der Waals surface area contributed by atoms with E-state index < -0.39 is 5.60 Å². The number of unbranched alkanes of at least 4 members (excludes halogenated alkanes) is 1. The van der Waals surface area contributed by atoms with E-state index in [0.717, 1.165) is 18.6 Å². The van der Waals surface area contributed by atoms with Gasteiger partial charge in [0.15, 0.2) is 5.60 Å². The Morgan fingerprint density at radius 2 is 1.93 bits per heavy atom. The molecule has 0 unspecified atom stereocenters. The summed E-state index contributed by atoms with van der Waals surface area (Å²) in [6.45, 7) is 10.1. The highest BCUT2D eigenvalue weighted by Crippen LogP contribution is 2.21. The van der Waals surface area contributed by atoms with E-state index in [0.29, 0.717) is 0 Å². The van der Waals surface area contributed by atoms with Gasteiger partial charge in [-0.25, -0.2) is 0 Å². The molecule has 0 aromatic rings. The van der Waals surface area contributed by atoms with Crippen molar-refractivity contribution in [2.75, 3.05) is 0 Å². The summed E-state index contributed by atoms with van der Waals surface area (Å²) < 4.78 is 5.79. The number of hydrogen-bond donors (Lipinski definition) is 0. The molecule has 0 atom stereocenters. The molecule has 0 fully saturated rings. The maximum absolute atomic E-state index is 5.79. The lowest BCUT2D eigenvalue weighted by atomic mass is 10.1. The van der Waals surface area contributed by atoms with Gasteiger partial charge in [-0.1, -0.05) is 19.3 Å². The first kappa shape index (κ1) is 13.1. The number of ether oxygens (including phenoxy) is 1. The van der Waals surface area contributed by atoms with Gasteiger partial charge in [0.1, 0.15) is 0 Å². The van der Waals surface area contributed by atoms with Gasteiger partial charge in [-0.15, -0.1) is 6.42 Å². The molecule has 0 saturated carbocycles. The van der Waals surface area contributed by atoms with E-state index in [9.17, 15) is 0 Å². The number of hydrogen-bond acceptors (Lipinski definition) is 1. The van der Waals surface area contributed by atoms with Crippen LogP contribution in [0.1, 0.15) is 53.9 Å². The first-order valence-corrected chi connectivity index (χ1v) is 5.26. The van der Waals surface area contributed by atoms with Crippen molar-refractivity contribution in [1.82, 2.24) is 0 Å². The summed E-state index contributed by atoms with van der Waals surface area (Å²) in [5.74, 6) is 3.70. The first-order valence-electron chi connectivity index (χ1n) is 5.26. The molecule has 0 aromatic carbocycles. The third-order valence-electron chi connectivity index (χ3n) is 2.04. The minimum absolute atomic E-state index is 0.486. The van der Waals surface area contributed by atoms with Crippen LogP contribution in [0.5, 0.6) is 0 Å². The maximum atomic E-state index is 5.79. The number of allylic oxidation sites excluding steroid dienone is 2. The Labute approximate surface area is 88.5 Å². The van der Waals surface area contributed by atoms with E-state index in [-0.39, 0.29) is 0 Å². The molecule has 0 aliphatic heterocycles. The minimum atomic E-state index is -0.486. The number of terminal acetylenes is 1. The lowest BCUT2D eigenvalue weighted by molar-refractivity contribution is 0.0781. The van der Waals surface area contributed by atoms with E-state index in [2.05, 4.69) is 26.7 Å². The van der Waals surface area contributed by atoms with Crippen molar-refractivity contribution in [3.8, 4) is 12.3 Å². The summed E-state index contributed by atoms with van der Waals surface area (Å²) in [6, 6.07) is 0. The fraction of sp³-hybridized carbons (Fsp3) is 0.692. The van der Waals surface area contributed by atoms with Crippen LogP contribution in [0.4, 0.5) is 0 Å². The van der Waals surface area contributed by atoms with Gasteiger partial charge >= 0.3 is 0 Å². The van der Waals surface area contributed by atoms with Crippen molar-refractivity contribution < 1.29 is 4.74 Å². The summed E-state index contributed by atoms with van der Waals surface area (Å²) >= 11 is 0. The Balaban J connectivity index is 4.43. The second-order valence-electron chi connectivity index (χ2n) is 4.28. The average Bonchev–Trinajstić information content (AvgIpc) is 2.12. The molecule has 80 valence electrons. The third kappa shape index (κ3) is 4.97. The highest BCUT2D eigenvalue weighted by molar-refractivity contribution is 5.10. The Morgan fingerprint density at radius 1 is 1.36 bits per heavy atom. The molecule has 0 amide bonds. The van der Waals surface area contributed by atoms with E-state index in [4.69, 9.17) is 11.2 Å². The second kappa shape index (κ2) is 5.75. The monoisotopic (exact) mass is 194 g/mol. The van der Waals surface area contributed by atoms with Gasteiger partial charge in [-0.05, 0) is 39.7 Å². The van der Waals surface area contributed by atoms with Gasteiger partial charge < -0.3 is 4.74 Å². The average molecular weight is 194 g/mol. The Hall–Kier alpha value is -0.900. The summed E-state index contributed by atoms with van der Waals surface area (Å²) in [5.41, 5.74) is 0.738. The van der Waals surface area contributed by atoms with Crippen LogP contribution >= 0.6 is 0 Å². The molecule has 0 bridgehead atoms. The highest BCUT2D eigenvalue weighted by atomic mass is 16.5. The van der Waals surface area contributed by atoms with Crippen LogP contribution in [0.15, 0.2) is 11.3 Å². The molecular weight excluding hydrogens is 172 g/mol. The van der Waals surface area contributed by atoms with E-state index in [1.54, 1.807) is 0 Å². The van der Waals surface area contributed by atoms with Gasteiger partial charge in [0.05, 0.1) is 5.76 Å². The van der Waals surface area contributed by atoms with Crippen LogP contribution in [0.3, 0.4) is 0 Å². The van der Waals surface area contributed by atoms with Crippen molar-refractivity contribution in [3.05, 3.63) is 11.3 Å². The molecular formula is C13H22O. The molecule has 0 aromatic heterocycles. The zero-order valence-corrected chi connectivity index (χ0v) is 10.1. The summed E-state index contributed by atoms with van der Waals surface area (Å²) in [5, 5.41) is 0. The van der Waals surface area contributed by atoms with Crippen LogP contribution in [0.2, 0.25) is 0 Å². The smallest absolute Gasteiger partial charge is 0.162 e. The van der Waals surface area contributed by atoms with E-state index >= 15 is 0 Å². The van der Waals surface area contributed by atoms with Crippen LogP contribution in [-0.2, 0) is 4.74 Å². The SMILES string of the molecule is C#CC(C)(C)OC(CCCC)=C(C)C. The molecule has 0 aliphatic rings. The van der Waals surface area contributed by atoms with Crippen LogP contribution in [0, 0.1) is 12.3 Å². The summed E-state index contributed by atoms with van der Waals surface area (Å²) in [4.78, 5) is 0. The van der Waals surface area contributed by atoms with Gasteiger partial charge in [0, 0.05) is 6.42 Å². The maximum Gasteiger partial charge on any atom is 0.162 e. The molecule has 1 nitrogen and oxygen atoms in total. The molecule has 1 heteroatoms. The van der Waals surface area contributed by atoms with Gasteiger partial charge in [0.25, 0.3) is 0 Å². The minimum Gasteiger partial charge on any atom is -0.480 e. The standard InChI is InChI=1S/C13H22O/c1-7-9-10-12(11(3)4)14-13(5,6)8-2/h2H,7,9-10H2,1,3-6H3. The predicted molar refractivity (Wildman–Crippen MR) is 61.9 cm³/mol. The third-order valence-corrected chi connectivity index (χ3v) is 2.04. The van der Waals surface area contributed by atoms with E-state index in [1.165, 1.54) is 12.0 Å². The Morgan fingerprint density at radius 3 is 2.29 bits per heavy atom. The molecule has 0 aliphatic carbocycles. The fourth-order valence-electron chi connectivity index (χ4n) is 1.08. The van der Waals surface area contributed by atoms with Crippen molar-refractivity contribution >= 4 is 0 Å². The largest absolute Gasteiger partial charge is 0.480 e. The van der Waals surface area contributed by atoms with Crippen molar-refractivity contribution in [3.63, 3.8) is 0 Å². The lowest BCUT2D eigenvalue weighted by Crippen LogP contribution is -2.21. The Kier molecular flexibility index (Phi) is 5.38. The predicted octanol–water partition coefficient (Wildman–Crippen LogP) is 3.90. The topological polar surface area (TPSA) is 9.23 Å².